The predicted octanol–water partition coefficient (Wildman–Crippen LogP) is 1.13. The van der Waals surface area contributed by atoms with Crippen molar-refractivity contribution in [2.75, 3.05) is 31.7 Å². The number of nitrogens with zero attached hydrogens (tertiary/aromatic N) is 1. The van der Waals surface area contributed by atoms with Gasteiger partial charge in [0, 0.05) is 18.2 Å². The molecule has 1 amide bonds. The number of hydrogen-bond acceptors (Lipinski definition) is 5. The smallest absolute Gasteiger partial charge is 0.234 e. The molecular weight excluding hydrogens is 328 g/mol. The number of likely N-dealkylation sites (N-methyl/N-ethyl adjacent to an activating group) is 1. The van der Waals surface area contributed by atoms with Crippen LogP contribution in [0, 0.1) is 6.92 Å². The molecule has 1 aliphatic heterocycles. The van der Waals surface area contributed by atoms with Gasteiger partial charge < -0.3 is 10.1 Å². The largest absolute Gasteiger partial charge is 0.496 e. The average molecular weight is 354 g/mol. The first-order valence-electron chi connectivity index (χ1n) is 8.18. The maximum absolute atomic E-state index is 12.2. The molecule has 1 atom stereocenters. The summed E-state index contributed by atoms with van der Waals surface area (Å²) >= 11 is 0. The molecule has 2 rings (SSSR count). The van der Waals surface area contributed by atoms with Crippen molar-refractivity contribution in [3.05, 3.63) is 29.3 Å². The lowest BCUT2D eigenvalue weighted by Gasteiger charge is -2.22. The molecule has 0 unspecified atom stereocenters. The second kappa shape index (κ2) is 7.98. The van der Waals surface area contributed by atoms with Gasteiger partial charge in [0.05, 0.1) is 25.2 Å². The van der Waals surface area contributed by atoms with E-state index in [1.54, 1.807) is 7.11 Å². The summed E-state index contributed by atoms with van der Waals surface area (Å²) < 4.78 is 28.3. The minimum Gasteiger partial charge on any atom is -0.496 e. The Morgan fingerprint density at radius 1 is 1.42 bits per heavy atom. The fourth-order valence-electron chi connectivity index (χ4n) is 2.94. The highest BCUT2D eigenvalue weighted by Crippen LogP contribution is 2.21. The summed E-state index contributed by atoms with van der Waals surface area (Å²) in [6, 6.07) is 5.73. The molecule has 1 fully saturated rings. The Balaban J connectivity index is 1.94. The minimum absolute atomic E-state index is 0.0522. The highest BCUT2D eigenvalue weighted by molar-refractivity contribution is 7.91. The van der Waals surface area contributed by atoms with E-state index in [-0.39, 0.29) is 30.0 Å². The van der Waals surface area contributed by atoms with E-state index in [1.165, 1.54) is 0 Å². The third-order valence-electron chi connectivity index (χ3n) is 4.24. The van der Waals surface area contributed by atoms with E-state index in [4.69, 9.17) is 4.74 Å². The summed E-state index contributed by atoms with van der Waals surface area (Å²) in [4.78, 5) is 14.2. The maximum atomic E-state index is 12.2. The van der Waals surface area contributed by atoms with Gasteiger partial charge >= 0.3 is 0 Å². The molecule has 0 spiro atoms. The van der Waals surface area contributed by atoms with Gasteiger partial charge in [-0.15, -0.1) is 0 Å². The van der Waals surface area contributed by atoms with Crippen LogP contribution in [-0.2, 0) is 21.2 Å². The number of benzene rings is 1. The molecule has 0 aliphatic carbocycles. The fourth-order valence-corrected chi connectivity index (χ4v) is 4.61. The molecule has 24 heavy (non-hydrogen) atoms. The van der Waals surface area contributed by atoms with Crippen molar-refractivity contribution >= 4 is 15.7 Å². The summed E-state index contributed by atoms with van der Waals surface area (Å²) in [7, 11) is -1.35. The van der Waals surface area contributed by atoms with Crippen molar-refractivity contribution in [2.45, 2.75) is 32.9 Å². The molecule has 1 heterocycles. The number of aryl methyl sites for hydroxylation is 1. The number of carbonyl (C=O) groups is 1. The van der Waals surface area contributed by atoms with Crippen LogP contribution >= 0.6 is 0 Å². The molecule has 7 heteroatoms. The van der Waals surface area contributed by atoms with Crippen molar-refractivity contribution in [3.8, 4) is 5.75 Å². The van der Waals surface area contributed by atoms with Crippen LogP contribution in [0.3, 0.4) is 0 Å². The monoisotopic (exact) mass is 354 g/mol. The molecule has 6 nitrogen and oxygen atoms in total. The Morgan fingerprint density at radius 2 is 2.17 bits per heavy atom. The quantitative estimate of drug-likeness (QED) is 0.794. The van der Waals surface area contributed by atoms with Crippen LogP contribution in [0.4, 0.5) is 0 Å². The summed E-state index contributed by atoms with van der Waals surface area (Å²) in [5, 5.41) is 2.83. The van der Waals surface area contributed by atoms with Gasteiger partial charge in [0.15, 0.2) is 9.84 Å². The van der Waals surface area contributed by atoms with E-state index < -0.39 is 9.84 Å². The molecule has 1 saturated heterocycles. The average Bonchev–Trinajstić information content (AvgIpc) is 2.85. The Labute approximate surface area is 144 Å². The second-order valence-corrected chi connectivity index (χ2v) is 8.51. The summed E-state index contributed by atoms with van der Waals surface area (Å²) in [6.07, 6.45) is 0.506. The van der Waals surface area contributed by atoms with Crippen LogP contribution in [-0.4, -0.2) is 57.0 Å². The number of sulfone groups is 1. The molecule has 0 saturated carbocycles. The summed E-state index contributed by atoms with van der Waals surface area (Å²) in [6.45, 7) is 5.58. The lowest BCUT2D eigenvalue weighted by atomic mass is 10.1. The zero-order valence-electron chi connectivity index (χ0n) is 14.5. The SMILES string of the molecule is CCN(CC(=O)N[C@@H]1CCS(=O)(=O)C1)Cc1cc(C)ccc1OC. The van der Waals surface area contributed by atoms with Crippen molar-refractivity contribution in [1.82, 2.24) is 10.2 Å². The highest BCUT2D eigenvalue weighted by atomic mass is 32.2. The van der Waals surface area contributed by atoms with Gasteiger partial charge in [0.2, 0.25) is 5.91 Å². The van der Waals surface area contributed by atoms with Gasteiger partial charge in [0.25, 0.3) is 0 Å². The molecule has 1 aliphatic rings. The number of hydrogen-bond donors (Lipinski definition) is 1. The molecular formula is C17H26N2O4S. The number of rotatable bonds is 7. The zero-order valence-corrected chi connectivity index (χ0v) is 15.4. The van der Waals surface area contributed by atoms with Crippen LogP contribution < -0.4 is 10.1 Å². The van der Waals surface area contributed by atoms with E-state index in [0.29, 0.717) is 19.5 Å². The van der Waals surface area contributed by atoms with Gasteiger partial charge in [-0.25, -0.2) is 8.42 Å². The van der Waals surface area contributed by atoms with Crippen LogP contribution in [0.5, 0.6) is 5.75 Å². The first-order chi connectivity index (χ1) is 11.3. The number of ether oxygens (including phenoxy) is 1. The Morgan fingerprint density at radius 3 is 2.75 bits per heavy atom. The standard InChI is InChI=1S/C17H26N2O4S/c1-4-19(10-14-9-13(2)5-6-16(14)23-3)11-17(20)18-15-7-8-24(21,22)12-15/h5-6,9,15H,4,7-8,10-12H2,1-3H3,(H,18,20)/t15-/m1/s1. The number of carbonyl (C=O) groups excluding carboxylic acids is 1. The van der Waals surface area contributed by atoms with Crippen molar-refractivity contribution in [2.24, 2.45) is 0 Å². The van der Waals surface area contributed by atoms with E-state index in [9.17, 15) is 13.2 Å². The fraction of sp³-hybridized carbons (Fsp3) is 0.588. The molecule has 0 aromatic heterocycles. The Hall–Kier alpha value is -1.60. The Bertz CT molecular complexity index is 688. The van der Waals surface area contributed by atoms with Gasteiger partial charge in [-0.1, -0.05) is 24.6 Å². The van der Waals surface area contributed by atoms with Gasteiger partial charge in [-0.3, -0.25) is 9.69 Å². The predicted molar refractivity (Wildman–Crippen MR) is 93.9 cm³/mol. The lowest BCUT2D eigenvalue weighted by molar-refractivity contribution is -0.122. The molecule has 1 N–H and O–H groups in total. The zero-order chi connectivity index (χ0) is 17.7. The van der Waals surface area contributed by atoms with Crippen LogP contribution in [0.1, 0.15) is 24.5 Å². The van der Waals surface area contributed by atoms with Crippen LogP contribution in [0.25, 0.3) is 0 Å². The minimum atomic E-state index is -2.98. The molecule has 1 aromatic rings. The van der Waals surface area contributed by atoms with E-state index in [2.05, 4.69) is 11.4 Å². The highest BCUT2D eigenvalue weighted by Gasteiger charge is 2.29. The molecule has 134 valence electrons. The topological polar surface area (TPSA) is 75.7 Å². The van der Waals surface area contributed by atoms with Gasteiger partial charge in [0.1, 0.15) is 5.75 Å². The van der Waals surface area contributed by atoms with Crippen molar-refractivity contribution < 1.29 is 17.9 Å². The van der Waals surface area contributed by atoms with Crippen LogP contribution in [0.15, 0.2) is 18.2 Å². The van der Waals surface area contributed by atoms with Crippen LogP contribution in [0.2, 0.25) is 0 Å². The first kappa shape index (κ1) is 18.7. The van der Waals surface area contributed by atoms with Crippen molar-refractivity contribution in [3.63, 3.8) is 0 Å². The number of nitrogens with one attached hydrogen (secondary N) is 1. The summed E-state index contributed by atoms with van der Waals surface area (Å²) in [5.74, 6) is 0.888. The third kappa shape index (κ3) is 5.21. The van der Waals surface area contributed by atoms with Gasteiger partial charge in [-0.2, -0.15) is 0 Å². The Kier molecular flexibility index (Phi) is 6.23. The van der Waals surface area contributed by atoms with Gasteiger partial charge in [-0.05, 0) is 26.0 Å². The third-order valence-corrected chi connectivity index (χ3v) is 6.01. The molecule has 0 bridgehead atoms. The van der Waals surface area contributed by atoms with E-state index in [1.807, 2.05) is 30.9 Å². The van der Waals surface area contributed by atoms with Crippen molar-refractivity contribution in [1.29, 1.82) is 0 Å². The molecule has 1 aromatic carbocycles. The normalized spacial score (nSPS) is 19.4. The van der Waals surface area contributed by atoms with E-state index in [0.717, 1.165) is 16.9 Å². The first-order valence-corrected chi connectivity index (χ1v) is 10.0. The molecule has 0 radical (unpaired) electrons. The maximum Gasteiger partial charge on any atom is 0.234 e. The second-order valence-electron chi connectivity index (χ2n) is 6.29. The number of methoxy groups -OCH3 is 1. The van der Waals surface area contributed by atoms with E-state index >= 15 is 0 Å². The number of amides is 1. The lowest BCUT2D eigenvalue weighted by Crippen LogP contribution is -2.42. The summed E-state index contributed by atoms with van der Waals surface area (Å²) in [5.41, 5.74) is 2.18.